The summed E-state index contributed by atoms with van der Waals surface area (Å²) in [5.41, 5.74) is 4.28. The van der Waals surface area contributed by atoms with Gasteiger partial charge in [-0.05, 0) is 46.7 Å². The molecule has 0 bridgehead atoms. The highest BCUT2D eigenvalue weighted by Crippen LogP contribution is 2.43. The molecule has 0 aliphatic carbocycles. The lowest BCUT2D eigenvalue weighted by atomic mass is 9.85. The predicted octanol–water partition coefficient (Wildman–Crippen LogP) is 6.13. The number of carbonyl (C=O) groups is 3. The summed E-state index contributed by atoms with van der Waals surface area (Å²) in [6.45, 7) is 9.78. The monoisotopic (exact) mass is 496 g/mol. The van der Waals surface area contributed by atoms with E-state index in [4.69, 9.17) is 0 Å². The number of rotatable bonds is 5. The van der Waals surface area contributed by atoms with Gasteiger partial charge in [-0.1, -0.05) is 82.3 Å². The zero-order valence-corrected chi connectivity index (χ0v) is 21.8. The molecule has 2 amide bonds. The van der Waals surface area contributed by atoms with E-state index in [-0.39, 0.29) is 22.7 Å². The minimum Gasteiger partial charge on any atom is -0.507 e. The number of nitrogens with zero attached hydrogens (tertiary/aromatic N) is 1. The maximum absolute atomic E-state index is 13.4. The molecule has 190 valence electrons. The van der Waals surface area contributed by atoms with E-state index in [1.807, 2.05) is 43.3 Å². The van der Waals surface area contributed by atoms with Gasteiger partial charge in [0, 0.05) is 23.9 Å². The van der Waals surface area contributed by atoms with Crippen LogP contribution in [-0.4, -0.2) is 22.7 Å². The number of benzene rings is 3. The maximum Gasteiger partial charge on any atom is 0.300 e. The van der Waals surface area contributed by atoms with Crippen molar-refractivity contribution in [3.63, 3.8) is 0 Å². The van der Waals surface area contributed by atoms with Crippen LogP contribution in [0.25, 0.3) is 5.76 Å². The van der Waals surface area contributed by atoms with E-state index in [0.717, 1.165) is 17.5 Å². The van der Waals surface area contributed by atoms with Gasteiger partial charge < -0.3 is 10.4 Å². The van der Waals surface area contributed by atoms with Crippen LogP contribution in [0.2, 0.25) is 0 Å². The molecule has 1 aliphatic heterocycles. The van der Waals surface area contributed by atoms with Crippen molar-refractivity contribution in [1.29, 1.82) is 0 Å². The Balaban J connectivity index is 1.90. The first-order chi connectivity index (χ1) is 17.5. The molecule has 0 saturated carbocycles. The molecule has 1 unspecified atom stereocenters. The molecule has 3 aromatic rings. The Bertz CT molecular complexity index is 1380. The van der Waals surface area contributed by atoms with Crippen molar-refractivity contribution in [2.45, 2.75) is 52.5 Å². The van der Waals surface area contributed by atoms with E-state index < -0.39 is 17.7 Å². The molecule has 2 N–H and O–H groups in total. The molecule has 0 radical (unpaired) electrons. The van der Waals surface area contributed by atoms with Crippen molar-refractivity contribution in [2.75, 3.05) is 10.2 Å². The van der Waals surface area contributed by atoms with Crippen LogP contribution in [0, 0.1) is 0 Å². The van der Waals surface area contributed by atoms with Gasteiger partial charge in [-0.25, -0.2) is 0 Å². The number of Topliss-reactive ketones (excluding diaryl/α,β-unsaturated/α-hetero) is 1. The van der Waals surface area contributed by atoms with E-state index in [9.17, 15) is 19.5 Å². The third-order valence-corrected chi connectivity index (χ3v) is 6.62. The van der Waals surface area contributed by atoms with Gasteiger partial charge in [0.2, 0.25) is 5.91 Å². The fourth-order valence-electron chi connectivity index (χ4n) is 4.57. The van der Waals surface area contributed by atoms with Crippen LogP contribution in [0.4, 0.5) is 11.4 Å². The van der Waals surface area contributed by atoms with E-state index in [2.05, 4.69) is 26.1 Å². The standard InChI is InChI=1S/C31H32N2O4/c1-6-20-10-12-22(13-11-20)28(35)26-27(21-14-16-23(17-15-21)31(3,4)5)33(30(37)29(26)36)25-9-7-8-24(18-25)32-19(2)34/h7-18,27,35H,6H2,1-5H3,(H,32,34)/b28-26+. The van der Waals surface area contributed by atoms with Crippen LogP contribution in [0.5, 0.6) is 0 Å². The van der Waals surface area contributed by atoms with Crippen molar-refractivity contribution in [3.05, 3.63) is 101 Å². The summed E-state index contributed by atoms with van der Waals surface area (Å²) in [6, 6.07) is 21.0. The number of aryl methyl sites for hydroxylation is 1. The zero-order chi connectivity index (χ0) is 26.9. The van der Waals surface area contributed by atoms with Gasteiger partial charge in [-0.2, -0.15) is 0 Å². The maximum atomic E-state index is 13.4. The van der Waals surface area contributed by atoms with Gasteiger partial charge in [-0.3, -0.25) is 19.3 Å². The van der Waals surface area contributed by atoms with E-state index in [1.54, 1.807) is 36.4 Å². The number of nitrogens with one attached hydrogen (secondary N) is 1. The second-order valence-corrected chi connectivity index (χ2v) is 10.3. The molecule has 0 aromatic heterocycles. The van der Waals surface area contributed by atoms with Gasteiger partial charge in [0.25, 0.3) is 11.7 Å². The Kier molecular flexibility index (Phi) is 7.03. The quantitative estimate of drug-likeness (QED) is 0.253. The minimum absolute atomic E-state index is 0.0303. The summed E-state index contributed by atoms with van der Waals surface area (Å²) in [5, 5.41) is 14.1. The number of carbonyl (C=O) groups excluding carboxylic acids is 3. The van der Waals surface area contributed by atoms with Crippen molar-refractivity contribution < 1.29 is 19.5 Å². The van der Waals surface area contributed by atoms with Gasteiger partial charge >= 0.3 is 0 Å². The molecule has 1 fully saturated rings. The molecule has 1 heterocycles. The van der Waals surface area contributed by atoms with Crippen LogP contribution in [0.1, 0.15) is 62.9 Å². The molecule has 4 rings (SSSR count). The lowest BCUT2D eigenvalue weighted by Crippen LogP contribution is -2.29. The Morgan fingerprint density at radius 2 is 1.62 bits per heavy atom. The topological polar surface area (TPSA) is 86.7 Å². The molecule has 1 saturated heterocycles. The Morgan fingerprint density at radius 3 is 2.19 bits per heavy atom. The van der Waals surface area contributed by atoms with Crippen LogP contribution in [0.15, 0.2) is 78.4 Å². The fraction of sp³-hybridized carbons (Fsp3) is 0.258. The number of ketones is 1. The zero-order valence-electron chi connectivity index (χ0n) is 21.8. The molecule has 1 aliphatic rings. The number of anilines is 2. The number of aliphatic hydroxyl groups excluding tert-OH is 1. The second-order valence-electron chi connectivity index (χ2n) is 10.3. The van der Waals surface area contributed by atoms with Crippen LogP contribution in [-0.2, 0) is 26.2 Å². The number of amides is 2. The van der Waals surface area contributed by atoms with Gasteiger partial charge in [0.05, 0.1) is 11.6 Å². The molecule has 0 spiro atoms. The van der Waals surface area contributed by atoms with Crippen molar-refractivity contribution in [3.8, 4) is 0 Å². The summed E-state index contributed by atoms with van der Waals surface area (Å²) in [7, 11) is 0. The number of hydrogen-bond donors (Lipinski definition) is 2. The molecule has 37 heavy (non-hydrogen) atoms. The van der Waals surface area contributed by atoms with Crippen molar-refractivity contribution in [1.82, 2.24) is 0 Å². The fourth-order valence-corrected chi connectivity index (χ4v) is 4.57. The summed E-state index contributed by atoms with van der Waals surface area (Å²) < 4.78 is 0. The third-order valence-electron chi connectivity index (χ3n) is 6.62. The van der Waals surface area contributed by atoms with Gasteiger partial charge in [-0.15, -0.1) is 0 Å². The lowest BCUT2D eigenvalue weighted by Gasteiger charge is -2.27. The molecular formula is C31H32N2O4. The molecular weight excluding hydrogens is 464 g/mol. The summed E-state index contributed by atoms with van der Waals surface area (Å²) in [4.78, 5) is 39.9. The van der Waals surface area contributed by atoms with E-state index in [0.29, 0.717) is 22.5 Å². The van der Waals surface area contributed by atoms with Crippen molar-refractivity contribution >= 4 is 34.7 Å². The Morgan fingerprint density at radius 1 is 0.973 bits per heavy atom. The second kappa shape index (κ2) is 10.1. The van der Waals surface area contributed by atoms with Crippen LogP contribution >= 0.6 is 0 Å². The van der Waals surface area contributed by atoms with E-state index in [1.165, 1.54) is 11.8 Å². The van der Waals surface area contributed by atoms with E-state index >= 15 is 0 Å². The first kappa shape index (κ1) is 25.9. The lowest BCUT2D eigenvalue weighted by molar-refractivity contribution is -0.132. The van der Waals surface area contributed by atoms with Gasteiger partial charge in [0.1, 0.15) is 5.76 Å². The number of aliphatic hydroxyl groups is 1. The Labute approximate surface area is 217 Å². The van der Waals surface area contributed by atoms with Crippen molar-refractivity contribution in [2.24, 2.45) is 0 Å². The third kappa shape index (κ3) is 5.19. The summed E-state index contributed by atoms with van der Waals surface area (Å²) in [5.74, 6) is -1.96. The molecule has 3 aromatic carbocycles. The molecule has 6 nitrogen and oxygen atoms in total. The normalized spacial score (nSPS) is 17.2. The highest BCUT2D eigenvalue weighted by Gasteiger charge is 2.47. The predicted molar refractivity (Wildman–Crippen MR) is 146 cm³/mol. The first-order valence-corrected chi connectivity index (χ1v) is 12.4. The van der Waals surface area contributed by atoms with Gasteiger partial charge in [0.15, 0.2) is 0 Å². The van der Waals surface area contributed by atoms with Crippen LogP contribution < -0.4 is 10.2 Å². The molecule has 1 atom stereocenters. The highest BCUT2D eigenvalue weighted by atomic mass is 16.3. The SMILES string of the molecule is CCc1ccc(/C(O)=C2\C(=O)C(=O)N(c3cccc(NC(C)=O)c3)C2c2ccc(C(C)(C)C)cc2)cc1. The highest BCUT2D eigenvalue weighted by molar-refractivity contribution is 6.51. The first-order valence-electron chi connectivity index (χ1n) is 12.4. The largest absolute Gasteiger partial charge is 0.507 e. The average molecular weight is 497 g/mol. The average Bonchev–Trinajstić information content (AvgIpc) is 3.13. The minimum atomic E-state index is -0.840. The summed E-state index contributed by atoms with van der Waals surface area (Å²) in [6.07, 6.45) is 0.843. The number of hydrogen-bond acceptors (Lipinski definition) is 4. The smallest absolute Gasteiger partial charge is 0.300 e. The Hall–Kier alpha value is -4.19. The van der Waals surface area contributed by atoms with Crippen LogP contribution in [0.3, 0.4) is 0 Å². The summed E-state index contributed by atoms with van der Waals surface area (Å²) >= 11 is 0. The molecule has 6 heteroatoms.